The lowest BCUT2D eigenvalue weighted by Gasteiger charge is -2.27. The van der Waals surface area contributed by atoms with Crippen molar-refractivity contribution >= 4 is 17.5 Å². The Labute approximate surface area is 206 Å². The van der Waals surface area contributed by atoms with E-state index in [4.69, 9.17) is 0 Å². The summed E-state index contributed by atoms with van der Waals surface area (Å²) >= 11 is 0. The molecule has 5 rings (SSSR count). The van der Waals surface area contributed by atoms with Crippen molar-refractivity contribution in [3.63, 3.8) is 0 Å². The average Bonchev–Trinajstić information content (AvgIpc) is 3.61. The number of hydrogen-bond acceptors (Lipinski definition) is 4. The van der Waals surface area contributed by atoms with Crippen molar-refractivity contribution in [1.82, 2.24) is 20.0 Å². The van der Waals surface area contributed by atoms with E-state index in [-0.39, 0.29) is 11.8 Å². The second-order valence-corrected chi connectivity index (χ2v) is 9.62. The number of aromatic nitrogens is 2. The molecule has 7 nitrogen and oxygen atoms in total. The van der Waals surface area contributed by atoms with Crippen LogP contribution in [0.2, 0.25) is 0 Å². The van der Waals surface area contributed by atoms with Gasteiger partial charge in [-0.2, -0.15) is 5.10 Å². The second kappa shape index (κ2) is 10.4. The van der Waals surface area contributed by atoms with Gasteiger partial charge in [-0.15, -0.1) is 0 Å². The van der Waals surface area contributed by atoms with Crippen molar-refractivity contribution < 1.29 is 9.59 Å². The number of para-hydroxylation sites is 1. The van der Waals surface area contributed by atoms with Gasteiger partial charge < -0.3 is 9.80 Å². The molecule has 2 heterocycles. The fourth-order valence-electron chi connectivity index (χ4n) is 4.85. The van der Waals surface area contributed by atoms with E-state index in [9.17, 15) is 9.59 Å². The van der Waals surface area contributed by atoms with Crippen LogP contribution in [0.5, 0.6) is 0 Å². The molecule has 7 heteroatoms. The first-order valence-electron chi connectivity index (χ1n) is 12.6. The lowest BCUT2D eigenvalue weighted by molar-refractivity contribution is -0.116. The van der Waals surface area contributed by atoms with Crippen LogP contribution in [0.25, 0.3) is 0 Å². The van der Waals surface area contributed by atoms with Gasteiger partial charge in [0.1, 0.15) is 5.69 Å². The zero-order chi connectivity index (χ0) is 24.2. The first kappa shape index (κ1) is 23.3. The van der Waals surface area contributed by atoms with Crippen LogP contribution < -0.4 is 4.90 Å². The Balaban J connectivity index is 1.44. The summed E-state index contributed by atoms with van der Waals surface area (Å²) in [5.41, 5.74) is 4.63. The quantitative estimate of drug-likeness (QED) is 0.619. The molecule has 0 unspecified atom stereocenters. The summed E-state index contributed by atoms with van der Waals surface area (Å²) in [5, 5.41) is 7.43. The third-order valence-corrected chi connectivity index (χ3v) is 6.94. The number of carbonyl (C=O) groups excluding carboxylic acids is 2. The van der Waals surface area contributed by atoms with Crippen LogP contribution in [-0.4, -0.2) is 58.0 Å². The van der Waals surface area contributed by atoms with E-state index in [1.165, 1.54) is 5.56 Å². The maximum atomic E-state index is 13.6. The van der Waals surface area contributed by atoms with Gasteiger partial charge in [0.2, 0.25) is 5.91 Å². The van der Waals surface area contributed by atoms with Crippen LogP contribution in [0, 0.1) is 0 Å². The van der Waals surface area contributed by atoms with Gasteiger partial charge in [0, 0.05) is 63.5 Å². The molecule has 1 aliphatic heterocycles. The lowest BCUT2D eigenvalue weighted by Crippen LogP contribution is -2.38. The molecule has 0 radical (unpaired) electrons. The Morgan fingerprint density at radius 3 is 2.51 bits per heavy atom. The van der Waals surface area contributed by atoms with Crippen LogP contribution in [0.4, 0.5) is 5.69 Å². The molecule has 0 spiro atoms. The second-order valence-electron chi connectivity index (χ2n) is 9.62. The molecule has 2 aliphatic rings. The summed E-state index contributed by atoms with van der Waals surface area (Å²) in [7, 11) is 0. The van der Waals surface area contributed by atoms with E-state index < -0.39 is 0 Å². The maximum Gasteiger partial charge on any atom is 0.274 e. The molecule has 2 amide bonds. The molecule has 3 aromatic rings. The van der Waals surface area contributed by atoms with Crippen molar-refractivity contribution in [2.75, 3.05) is 31.1 Å². The van der Waals surface area contributed by atoms with Crippen molar-refractivity contribution in [3.8, 4) is 0 Å². The lowest BCUT2D eigenvalue weighted by atomic mass is 10.1. The zero-order valence-electron chi connectivity index (χ0n) is 20.3. The van der Waals surface area contributed by atoms with Gasteiger partial charge in [0.15, 0.2) is 0 Å². The molecule has 35 heavy (non-hydrogen) atoms. The normalized spacial score (nSPS) is 17.5. The summed E-state index contributed by atoms with van der Waals surface area (Å²) < 4.78 is 0. The fourth-order valence-corrected chi connectivity index (χ4v) is 4.85. The highest BCUT2D eigenvalue weighted by molar-refractivity contribution is 5.94. The topological polar surface area (TPSA) is 72.5 Å². The largest absolute Gasteiger partial charge is 0.332 e. The minimum absolute atomic E-state index is 0.0190. The fraction of sp³-hybridized carbons (Fsp3) is 0.393. The summed E-state index contributed by atoms with van der Waals surface area (Å²) in [6.07, 6.45) is 3.17. The standard InChI is InChI=1S/C28H33N5O2/c1-21(34)33-15-7-14-31(19-22-8-3-2-4-9-22)16-17-32(20-24-10-5-6-11-27(24)33)28(35)26-18-25(29-30-26)23-12-13-23/h2-6,8-11,18,23H,7,12-17,19-20H2,1H3,(H,29,30). The van der Waals surface area contributed by atoms with Gasteiger partial charge in [-0.3, -0.25) is 19.6 Å². The molecule has 0 saturated heterocycles. The third kappa shape index (κ3) is 5.62. The van der Waals surface area contributed by atoms with Crippen LogP contribution in [0.1, 0.15) is 59.4 Å². The van der Waals surface area contributed by atoms with E-state index in [0.717, 1.165) is 55.8 Å². The minimum atomic E-state index is -0.0729. The van der Waals surface area contributed by atoms with Gasteiger partial charge in [-0.25, -0.2) is 0 Å². The highest BCUT2D eigenvalue weighted by atomic mass is 16.2. The van der Waals surface area contributed by atoms with Crippen molar-refractivity contribution in [3.05, 3.63) is 83.2 Å². The molecule has 0 bridgehead atoms. The van der Waals surface area contributed by atoms with Crippen molar-refractivity contribution in [2.24, 2.45) is 0 Å². The minimum Gasteiger partial charge on any atom is -0.332 e. The van der Waals surface area contributed by atoms with E-state index in [2.05, 4.69) is 39.4 Å². The predicted molar refractivity (Wildman–Crippen MR) is 136 cm³/mol. The number of amides is 2. The number of H-pyrrole nitrogens is 1. The van der Waals surface area contributed by atoms with Gasteiger partial charge in [0.05, 0.1) is 0 Å². The molecule has 0 atom stereocenters. The summed E-state index contributed by atoms with van der Waals surface area (Å²) in [6.45, 7) is 5.69. The van der Waals surface area contributed by atoms with Gasteiger partial charge in [0.25, 0.3) is 5.91 Å². The van der Waals surface area contributed by atoms with Crippen LogP contribution in [0.3, 0.4) is 0 Å². The molecular formula is C28H33N5O2. The number of anilines is 1. The number of benzene rings is 2. The third-order valence-electron chi connectivity index (χ3n) is 6.94. The SMILES string of the molecule is CC(=O)N1CCCN(Cc2ccccc2)CCN(C(=O)c2cc(C3CC3)[nH]n2)Cc2ccccc21. The molecule has 1 N–H and O–H groups in total. The van der Waals surface area contributed by atoms with E-state index in [0.29, 0.717) is 31.2 Å². The number of carbonyl (C=O) groups is 2. The highest BCUT2D eigenvalue weighted by Crippen LogP contribution is 2.39. The Hall–Kier alpha value is -3.45. The maximum absolute atomic E-state index is 13.6. The van der Waals surface area contributed by atoms with E-state index >= 15 is 0 Å². The molecule has 1 saturated carbocycles. The molecule has 1 aromatic heterocycles. The summed E-state index contributed by atoms with van der Waals surface area (Å²) in [6, 6.07) is 20.3. The van der Waals surface area contributed by atoms with Gasteiger partial charge in [-0.1, -0.05) is 48.5 Å². The van der Waals surface area contributed by atoms with E-state index in [1.54, 1.807) is 6.92 Å². The number of fused-ring (bicyclic) bond motifs is 1. The number of rotatable bonds is 4. The monoisotopic (exact) mass is 471 g/mol. The van der Waals surface area contributed by atoms with Crippen LogP contribution in [0.15, 0.2) is 60.7 Å². The summed E-state index contributed by atoms with van der Waals surface area (Å²) in [5.74, 6) is 0.458. The predicted octanol–water partition coefficient (Wildman–Crippen LogP) is 4.19. The number of nitrogens with one attached hydrogen (secondary N) is 1. The highest BCUT2D eigenvalue weighted by Gasteiger charge is 2.28. The van der Waals surface area contributed by atoms with E-state index in [1.807, 2.05) is 46.2 Å². The van der Waals surface area contributed by atoms with Crippen LogP contribution >= 0.6 is 0 Å². The van der Waals surface area contributed by atoms with Crippen molar-refractivity contribution in [1.29, 1.82) is 0 Å². The molecule has 2 aromatic carbocycles. The van der Waals surface area contributed by atoms with Crippen LogP contribution in [-0.2, 0) is 17.9 Å². The Morgan fingerprint density at radius 2 is 1.74 bits per heavy atom. The van der Waals surface area contributed by atoms with Crippen molar-refractivity contribution in [2.45, 2.75) is 45.2 Å². The molecular weight excluding hydrogens is 438 g/mol. The Morgan fingerprint density at radius 1 is 0.971 bits per heavy atom. The first-order chi connectivity index (χ1) is 17.1. The number of hydrogen-bond donors (Lipinski definition) is 1. The average molecular weight is 472 g/mol. The summed E-state index contributed by atoms with van der Waals surface area (Å²) in [4.78, 5) is 32.4. The Bertz CT molecular complexity index is 1170. The molecule has 1 fully saturated rings. The smallest absolute Gasteiger partial charge is 0.274 e. The molecule has 1 aliphatic carbocycles. The molecule has 182 valence electrons. The zero-order valence-corrected chi connectivity index (χ0v) is 20.3. The first-order valence-corrected chi connectivity index (χ1v) is 12.6. The van der Waals surface area contributed by atoms with Gasteiger partial charge in [-0.05, 0) is 42.5 Å². The number of aromatic amines is 1. The Kier molecular flexibility index (Phi) is 6.95. The number of nitrogens with zero attached hydrogens (tertiary/aromatic N) is 4. The van der Waals surface area contributed by atoms with Gasteiger partial charge >= 0.3 is 0 Å².